The molecule has 34 heavy (non-hydrogen) atoms. The zero-order valence-corrected chi connectivity index (χ0v) is 22.8. The minimum absolute atomic E-state index is 0.235. The lowest BCUT2D eigenvalue weighted by molar-refractivity contribution is -0.180. The third kappa shape index (κ3) is 2.94. The van der Waals surface area contributed by atoms with E-state index in [0.717, 1.165) is 47.3 Å². The van der Waals surface area contributed by atoms with E-state index >= 15 is 0 Å². The van der Waals surface area contributed by atoms with Gasteiger partial charge in [-0.3, -0.25) is 4.99 Å². The Balaban J connectivity index is 1.32. The molecule has 1 aliphatic heterocycles. The van der Waals surface area contributed by atoms with E-state index in [1.54, 1.807) is 12.0 Å². The standard InChI is InChI=1S/C33H49N/c1-7-23-20-22(21-34-23)25-13-17-32(6)28(30(25,3)4)15-18-31(5)26-14-19-33(8-2)16-9-10-27(33)24(26)11-12-29(31)32/h7,13,20,24,26-29H,1,8-12,14-19,21H2,2-6H3. The number of nitrogens with zero attached hydrogens (tertiary/aromatic N) is 1. The predicted molar refractivity (Wildman–Crippen MR) is 145 cm³/mol. The van der Waals surface area contributed by atoms with Crippen LogP contribution < -0.4 is 0 Å². The first-order valence-electron chi connectivity index (χ1n) is 14.8. The number of allylic oxidation sites excluding steroid dienone is 3. The third-order valence-corrected chi connectivity index (χ3v) is 13.3. The van der Waals surface area contributed by atoms with Crippen LogP contribution in [0.15, 0.2) is 40.9 Å². The molecule has 0 spiro atoms. The number of hydrogen-bond acceptors (Lipinski definition) is 1. The molecule has 0 aromatic heterocycles. The van der Waals surface area contributed by atoms with Crippen molar-refractivity contribution in [1.82, 2.24) is 0 Å². The summed E-state index contributed by atoms with van der Waals surface area (Å²) in [6, 6.07) is 0. The van der Waals surface area contributed by atoms with E-state index in [4.69, 9.17) is 4.99 Å². The first-order chi connectivity index (χ1) is 16.2. The maximum atomic E-state index is 4.72. The summed E-state index contributed by atoms with van der Waals surface area (Å²) in [6.07, 6.45) is 23.2. The second kappa shape index (κ2) is 7.69. The molecule has 8 unspecified atom stereocenters. The summed E-state index contributed by atoms with van der Waals surface area (Å²) < 4.78 is 0. The molecule has 5 aliphatic carbocycles. The van der Waals surface area contributed by atoms with Crippen LogP contribution >= 0.6 is 0 Å². The van der Waals surface area contributed by atoms with Gasteiger partial charge < -0.3 is 0 Å². The van der Waals surface area contributed by atoms with Gasteiger partial charge in [0.2, 0.25) is 0 Å². The Bertz CT molecular complexity index is 963. The fourth-order valence-electron chi connectivity index (χ4n) is 11.9. The zero-order chi connectivity index (χ0) is 23.9. The minimum atomic E-state index is 0.235. The van der Waals surface area contributed by atoms with Crippen molar-refractivity contribution in [1.29, 1.82) is 0 Å². The fraction of sp³-hybridized carbons (Fsp3) is 0.788. The van der Waals surface area contributed by atoms with Crippen molar-refractivity contribution in [3.8, 4) is 0 Å². The average Bonchev–Trinajstić information content (AvgIpc) is 3.46. The van der Waals surface area contributed by atoms with E-state index in [-0.39, 0.29) is 5.41 Å². The van der Waals surface area contributed by atoms with E-state index in [1.807, 2.05) is 6.08 Å². The van der Waals surface area contributed by atoms with Crippen molar-refractivity contribution in [3.63, 3.8) is 0 Å². The summed E-state index contributed by atoms with van der Waals surface area (Å²) in [5.41, 5.74) is 6.09. The molecular weight excluding hydrogens is 410 g/mol. The van der Waals surface area contributed by atoms with E-state index in [0.29, 0.717) is 10.8 Å². The quantitative estimate of drug-likeness (QED) is 0.399. The molecule has 1 nitrogen and oxygen atoms in total. The van der Waals surface area contributed by atoms with Gasteiger partial charge in [-0.15, -0.1) is 0 Å². The molecule has 186 valence electrons. The lowest BCUT2D eigenvalue weighted by Gasteiger charge is -2.68. The van der Waals surface area contributed by atoms with Crippen LogP contribution in [0.25, 0.3) is 0 Å². The lowest BCUT2D eigenvalue weighted by Crippen LogP contribution is -2.61. The summed E-state index contributed by atoms with van der Waals surface area (Å²) in [5, 5.41) is 0. The molecule has 0 aromatic carbocycles. The van der Waals surface area contributed by atoms with Crippen LogP contribution in [0.2, 0.25) is 0 Å². The monoisotopic (exact) mass is 459 g/mol. The Morgan fingerprint density at radius 2 is 1.76 bits per heavy atom. The summed E-state index contributed by atoms with van der Waals surface area (Å²) >= 11 is 0. The van der Waals surface area contributed by atoms with Crippen LogP contribution in [0.5, 0.6) is 0 Å². The van der Waals surface area contributed by atoms with Gasteiger partial charge in [-0.2, -0.15) is 0 Å². The highest BCUT2D eigenvalue weighted by molar-refractivity contribution is 6.06. The molecule has 0 N–H and O–H groups in total. The second-order valence-electron chi connectivity index (χ2n) is 14.4. The molecule has 0 bridgehead atoms. The molecule has 6 rings (SSSR count). The first kappa shape index (κ1) is 23.3. The Kier molecular flexibility index (Phi) is 5.27. The molecule has 0 amide bonds. The average molecular weight is 460 g/mol. The highest BCUT2D eigenvalue weighted by Gasteiger charge is 2.65. The predicted octanol–water partition coefficient (Wildman–Crippen LogP) is 8.97. The van der Waals surface area contributed by atoms with Gasteiger partial charge in [-0.1, -0.05) is 60.1 Å². The summed E-state index contributed by atoms with van der Waals surface area (Å²) in [6.45, 7) is 17.9. The van der Waals surface area contributed by atoms with Crippen molar-refractivity contribution in [2.24, 2.45) is 56.2 Å². The molecule has 1 heteroatoms. The van der Waals surface area contributed by atoms with Crippen molar-refractivity contribution >= 4 is 5.71 Å². The topological polar surface area (TPSA) is 12.4 Å². The van der Waals surface area contributed by atoms with Gasteiger partial charge in [0.1, 0.15) is 0 Å². The zero-order valence-electron chi connectivity index (χ0n) is 22.8. The summed E-state index contributed by atoms with van der Waals surface area (Å²) in [7, 11) is 0. The second-order valence-corrected chi connectivity index (χ2v) is 14.4. The van der Waals surface area contributed by atoms with Gasteiger partial charge in [-0.05, 0) is 132 Å². The highest BCUT2D eigenvalue weighted by atomic mass is 14.8. The molecule has 1 heterocycles. The molecule has 6 aliphatic rings. The van der Waals surface area contributed by atoms with Crippen molar-refractivity contribution in [2.45, 2.75) is 105 Å². The van der Waals surface area contributed by atoms with Crippen LogP contribution in [0.1, 0.15) is 105 Å². The molecule has 4 fully saturated rings. The summed E-state index contributed by atoms with van der Waals surface area (Å²) in [4.78, 5) is 4.72. The Morgan fingerprint density at radius 1 is 0.941 bits per heavy atom. The van der Waals surface area contributed by atoms with Crippen molar-refractivity contribution in [3.05, 3.63) is 36.0 Å². The number of aliphatic imine (C=N–C) groups is 1. The molecule has 4 saturated carbocycles. The third-order valence-electron chi connectivity index (χ3n) is 13.3. The Hall–Kier alpha value is -1.11. The maximum Gasteiger partial charge on any atom is 0.0650 e. The van der Waals surface area contributed by atoms with Crippen LogP contribution in [0, 0.1) is 51.2 Å². The Labute approximate surface area is 209 Å². The number of hydrogen-bond donors (Lipinski definition) is 0. The van der Waals surface area contributed by atoms with E-state index in [2.05, 4.69) is 53.3 Å². The van der Waals surface area contributed by atoms with E-state index in [9.17, 15) is 0 Å². The molecule has 8 atom stereocenters. The molecule has 0 radical (unpaired) electrons. The van der Waals surface area contributed by atoms with Crippen LogP contribution in [0.3, 0.4) is 0 Å². The van der Waals surface area contributed by atoms with E-state index < -0.39 is 0 Å². The van der Waals surface area contributed by atoms with Gasteiger partial charge in [0.15, 0.2) is 0 Å². The van der Waals surface area contributed by atoms with Crippen molar-refractivity contribution < 1.29 is 0 Å². The largest absolute Gasteiger partial charge is 0.281 e. The van der Waals surface area contributed by atoms with Gasteiger partial charge in [0.05, 0.1) is 12.3 Å². The van der Waals surface area contributed by atoms with Gasteiger partial charge >= 0.3 is 0 Å². The highest BCUT2D eigenvalue weighted by Crippen LogP contribution is 2.73. The fourth-order valence-corrected chi connectivity index (χ4v) is 11.9. The van der Waals surface area contributed by atoms with E-state index in [1.165, 1.54) is 69.8 Å². The van der Waals surface area contributed by atoms with Crippen LogP contribution in [-0.2, 0) is 0 Å². The maximum absolute atomic E-state index is 4.72. The minimum Gasteiger partial charge on any atom is -0.281 e. The first-order valence-corrected chi connectivity index (χ1v) is 14.8. The smallest absolute Gasteiger partial charge is 0.0650 e. The van der Waals surface area contributed by atoms with Crippen LogP contribution in [-0.4, -0.2) is 12.3 Å². The number of fused-ring (bicyclic) bond motifs is 7. The van der Waals surface area contributed by atoms with Crippen LogP contribution in [0.4, 0.5) is 0 Å². The molecule has 0 saturated heterocycles. The normalized spacial score (nSPS) is 49.1. The van der Waals surface area contributed by atoms with Gasteiger partial charge in [0.25, 0.3) is 0 Å². The lowest BCUT2D eigenvalue weighted by atomic mass is 9.36. The SMILES string of the molecule is C=CC1=NCC(C2=CCC3(C)C(CCC4(C)C5CCC6(CC)CCCC6C5CCC43)C2(C)C)=C1. The van der Waals surface area contributed by atoms with Gasteiger partial charge in [-0.25, -0.2) is 0 Å². The van der Waals surface area contributed by atoms with Gasteiger partial charge in [0, 0.05) is 0 Å². The molecule has 0 aromatic rings. The number of rotatable bonds is 3. The molecular formula is C33H49N. The van der Waals surface area contributed by atoms with Crippen molar-refractivity contribution in [2.75, 3.05) is 6.54 Å². The summed E-state index contributed by atoms with van der Waals surface area (Å²) in [5.74, 6) is 4.74. The Morgan fingerprint density at radius 3 is 2.50 bits per heavy atom.